The van der Waals surface area contributed by atoms with E-state index < -0.39 is 17.7 Å². The number of methoxy groups -OCH3 is 1. The van der Waals surface area contributed by atoms with Crippen LogP contribution in [0.2, 0.25) is 0 Å². The Balaban J connectivity index is 2.16. The van der Waals surface area contributed by atoms with Gasteiger partial charge in [-0.05, 0) is 12.1 Å². The topological polar surface area (TPSA) is 74.2 Å². The van der Waals surface area contributed by atoms with E-state index in [2.05, 4.69) is 10.1 Å². The highest BCUT2D eigenvalue weighted by Gasteiger charge is 2.17. The van der Waals surface area contributed by atoms with Crippen LogP contribution in [0.25, 0.3) is 0 Å². The lowest BCUT2D eigenvalue weighted by atomic mass is 10.1. The van der Waals surface area contributed by atoms with Gasteiger partial charge in [0, 0.05) is 12.7 Å². The molecular weight excluding hydrogens is 256 g/mol. The minimum atomic E-state index is -0.652. The second kappa shape index (κ2) is 5.85. The van der Waals surface area contributed by atoms with E-state index >= 15 is 0 Å². The number of halogens is 2. The van der Waals surface area contributed by atoms with Gasteiger partial charge in [0.05, 0.1) is 19.1 Å². The molecule has 1 aromatic carbocycles. The van der Waals surface area contributed by atoms with Crippen molar-refractivity contribution < 1.29 is 18.0 Å². The molecule has 0 saturated heterocycles. The van der Waals surface area contributed by atoms with Gasteiger partial charge in [-0.2, -0.15) is 4.98 Å². The molecule has 0 aliphatic rings. The number of nitrogens with two attached hydrogens (primary N) is 1. The van der Waals surface area contributed by atoms with Gasteiger partial charge in [0.15, 0.2) is 5.82 Å². The first kappa shape index (κ1) is 13.6. The van der Waals surface area contributed by atoms with Gasteiger partial charge >= 0.3 is 0 Å². The van der Waals surface area contributed by atoms with Crippen molar-refractivity contribution in [2.45, 2.75) is 12.5 Å². The van der Waals surface area contributed by atoms with E-state index in [-0.39, 0.29) is 30.3 Å². The van der Waals surface area contributed by atoms with Crippen LogP contribution in [0.3, 0.4) is 0 Å². The van der Waals surface area contributed by atoms with Gasteiger partial charge in [-0.25, -0.2) is 8.78 Å². The van der Waals surface area contributed by atoms with Crippen molar-refractivity contribution in [1.29, 1.82) is 0 Å². The van der Waals surface area contributed by atoms with Crippen molar-refractivity contribution in [1.82, 2.24) is 10.1 Å². The Hall–Kier alpha value is -1.86. The predicted octanol–water partition coefficient (Wildman–Crippen LogP) is 1.58. The summed E-state index contributed by atoms with van der Waals surface area (Å²) in [7, 11) is 1.50. The van der Waals surface area contributed by atoms with E-state index in [4.69, 9.17) is 15.0 Å². The van der Waals surface area contributed by atoms with E-state index in [0.29, 0.717) is 0 Å². The molecule has 2 rings (SSSR count). The van der Waals surface area contributed by atoms with Crippen LogP contribution < -0.4 is 5.73 Å². The SMILES string of the molecule is COCC(N)c1noc(Cc2c(F)cccc2F)n1. The second-order valence-corrected chi connectivity index (χ2v) is 3.99. The van der Waals surface area contributed by atoms with Crippen LogP contribution >= 0.6 is 0 Å². The molecule has 2 N–H and O–H groups in total. The van der Waals surface area contributed by atoms with Gasteiger partial charge in [0.25, 0.3) is 0 Å². The monoisotopic (exact) mass is 269 g/mol. The fourth-order valence-corrected chi connectivity index (χ4v) is 1.60. The minimum Gasteiger partial charge on any atom is -0.383 e. The molecule has 0 bridgehead atoms. The maximum absolute atomic E-state index is 13.4. The Morgan fingerprint density at radius 3 is 2.68 bits per heavy atom. The van der Waals surface area contributed by atoms with Crippen LogP contribution in [0.4, 0.5) is 8.78 Å². The van der Waals surface area contributed by atoms with Crippen LogP contribution in [-0.2, 0) is 11.2 Å². The van der Waals surface area contributed by atoms with E-state index in [1.807, 2.05) is 0 Å². The summed E-state index contributed by atoms with van der Waals surface area (Å²) in [6.45, 7) is 0.229. The smallest absolute Gasteiger partial charge is 0.231 e. The molecule has 7 heteroatoms. The maximum atomic E-state index is 13.4. The summed E-state index contributed by atoms with van der Waals surface area (Å²) in [4.78, 5) is 3.99. The fourth-order valence-electron chi connectivity index (χ4n) is 1.60. The van der Waals surface area contributed by atoms with E-state index in [1.54, 1.807) is 0 Å². The summed E-state index contributed by atoms with van der Waals surface area (Å²) < 4.78 is 36.7. The third-order valence-electron chi connectivity index (χ3n) is 2.55. The summed E-state index contributed by atoms with van der Waals surface area (Å²) >= 11 is 0. The molecule has 5 nitrogen and oxygen atoms in total. The van der Waals surface area contributed by atoms with Crippen molar-refractivity contribution in [3.05, 3.63) is 47.1 Å². The maximum Gasteiger partial charge on any atom is 0.231 e. The quantitative estimate of drug-likeness (QED) is 0.892. The highest BCUT2D eigenvalue weighted by molar-refractivity contribution is 5.22. The van der Waals surface area contributed by atoms with Gasteiger partial charge in [-0.1, -0.05) is 11.2 Å². The van der Waals surface area contributed by atoms with Crippen LogP contribution in [0.1, 0.15) is 23.3 Å². The summed E-state index contributed by atoms with van der Waals surface area (Å²) in [6, 6.07) is 3.11. The van der Waals surface area contributed by atoms with Crippen molar-refractivity contribution >= 4 is 0 Å². The van der Waals surface area contributed by atoms with E-state index in [0.717, 1.165) is 0 Å². The van der Waals surface area contributed by atoms with E-state index in [9.17, 15) is 8.78 Å². The zero-order valence-corrected chi connectivity index (χ0v) is 10.3. The zero-order chi connectivity index (χ0) is 13.8. The number of aromatic nitrogens is 2. The summed E-state index contributed by atoms with van der Waals surface area (Å²) in [5.41, 5.74) is 5.60. The molecule has 0 fully saturated rings. The zero-order valence-electron chi connectivity index (χ0n) is 10.3. The Labute approximate surface area is 108 Å². The normalized spacial score (nSPS) is 12.6. The molecular formula is C12H13F2N3O2. The third kappa shape index (κ3) is 3.12. The molecule has 0 aliphatic carbocycles. The van der Waals surface area contributed by atoms with Gasteiger partial charge in [0.2, 0.25) is 5.89 Å². The molecule has 1 heterocycles. The molecule has 0 saturated carbocycles. The standard InChI is InChI=1S/C12H13F2N3O2/c1-18-6-10(15)12-16-11(19-17-12)5-7-8(13)3-2-4-9(7)14/h2-4,10H,5-6,15H2,1H3. The summed E-state index contributed by atoms with van der Waals surface area (Å²) in [5.74, 6) is -0.957. The van der Waals surface area contributed by atoms with Crippen molar-refractivity contribution in [2.24, 2.45) is 5.73 Å². The fraction of sp³-hybridized carbons (Fsp3) is 0.333. The van der Waals surface area contributed by atoms with Gasteiger partial charge in [-0.15, -0.1) is 0 Å². The first-order valence-corrected chi connectivity index (χ1v) is 5.61. The molecule has 1 atom stereocenters. The predicted molar refractivity (Wildman–Crippen MR) is 62.3 cm³/mol. The lowest BCUT2D eigenvalue weighted by Crippen LogP contribution is -2.17. The molecule has 1 unspecified atom stereocenters. The Bertz CT molecular complexity index is 539. The average molecular weight is 269 g/mol. The first-order chi connectivity index (χ1) is 9.11. The van der Waals surface area contributed by atoms with E-state index in [1.165, 1.54) is 25.3 Å². The molecule has 0 aliphatic heterocycles. The van der Waals surface area contributed by atoms with Crippen LogP contribution in [0.15, 0.2) is 22.7 Å². The lowest BCUT2D eigenvalue weighted by Gasteiger charge is -2.03. The minimum absolute atomic E-state index is 0.102. The first-order valence-electron chi connectivity index (χ1n) is 5.61. The van der Waals surface area contributed by atoms with Crippen LogP contribution in [0, 0.1) is 11.6 Å². The molecule has 0 radical (unpaired) electrons. The summed E-state index contributed by atoms with van der Waals surface area (Å²) in [5, 5.41) is 3.65. The Morgan fingerprint density at radius 2 is 2.05 bits per heavy atom. The Kier molecular flexibility index (Phi) is 4.18. The Morgan fingerprint density at radius 1 is 1.37 bits per heavy atom. The van der Waals surface area contributed by atoms with Gasteiger partial charge in [-0.3, -0.25) is 0 Å². The molecule has 0 spiro atoms. The number of nitrogens with zero attached hydrogens (tertiary/aromatic N) is 2. The number of hydrogen-bond donors (Lipinski definition) is 1. The lowest BCUT2D eigenvalue weighted by molar-refractivity contribution is 0.177. The molecule has 0 amide bonds. The van der Waals surface area contributed by atoms with Crippen molar-refractivity contribution in [3.63, 3.8) is 0 Å². The second-order valence-electron chi connectivity index (χ2n) is 3.99. The van der Waals surface area contributed by atoms with Crippen LogP contribution in [-0.4, -0.2) is 23.9 Å². The molecule has 102 valence electrons. The highest BCUT2D eigenvalue weighted by atomic mass is 19.1. The molecule has 19 heavy (non-hydrogen) atoms. The van der Waals surface area contributed by atoms with Gasteiger partial charge in [0.1, 0.15) is 11.6 Å². The average Bonchev–Trinajstić information content (AvgIpc) is 2.83. The number of ether oxygens (including phenoxy) is 1. The largest absolute Gasteiger partial charge is 0.383 e. The van der Waals surface area contributed by atoms with Crippen molar-refractivity contribution in [2.75, 3.05) is 13.7 Å². The number of benzene rings is 1. The highest BCUT2D eigenvalue weighted by Crippen LogP contribution is 2.17. The molecule has 2 aromatic rings. The van der Waals surface area contributed by atoms with Gasteiger partial charge < -0.3 is 15.0 Å². The number of hydrogen-bond acceptors (Lipinski definition) is 5. The number of rotatable bonds is 5. The third-order valence-corrected chi connectivity index (χ3v) is 2.55. The van der Waals surface area contributed by atoms with Crippen molar-refractivity contribution in [3.8, 4) is 0 Å². The van der Waals surface area contributed by atoms with Crippen LogP contribution in [0.5, 0.6) is 0 Å². The molecule has 1 aromatic heterocycles. The summed E-state index contributed by atoms with van der Waals surface area (Å²) in [6.07, 6.45) is -0.120.